The summed E-state index contributed by atoms with van der Waals surface area (Å²) in [7, 11) is 0. The molecule has 25 heavy (non-hydrogen) atoms. The van der Waals surface area contributed by atoms with Gasteiger partial charge in [0.05, 0.1) is 28.0 Å². The van der Waals surface area contributed by atoms with Gasteiger partial charge in [0.1, 0.15) is 16.3 Å². The van der Waals surface area contributed by atoms with E-state index in [0.717, 1.165) is 57.0 Å². The summed E-state index contributed by atoms with van der Waals surface area (Å²) in [5.74, 6) is 1.55. The molecule has 4 aromatic heterocycles. The van der Waals surface area contributed by atoms with Crippen LogP contribution in [0.25, 0.3) is 21.3 Å². The maximum absolute atomic E-state index is 6.20. The molecule has 0 aromatic carbocycles. The highest BCUT2D eigenvalue weighted by molar-refractivity contribution is 7.18. The molecule has 0 spiro atoms. The summed E-state index contributed by atoms with van der Waals surface area (Å²) in [5.41, 5.74) is 15.6. The summed E-state index contributed by atoms with van der Waals surface area (Å²) in [6, 6.07) is 2.01. The summed E-state index contributed by atoms with van der Waals surface area (Å²) >= 11 is 3.32. The molecule has 0 bridgehead atoms. The quantitative estimate of drug-likeness (QED) is 0.540. The second-order valence-corrected chi connectivity index (χ2v) is 7.84. The highest BCUT2D eigenvalue weighted by Gasteiger charge is 2.19. The number of nitrogens with two attached hydrogens (primary N) is 2. The minimum absolute atomic E-state index is 0.468. The van der Waals surface area contributed by atoms with Crippen LogP contribution in [0.1, 0.15) is 36.3 Å². The Morgan fingerprint density at radius 1 is 1.20 bits per heavy atom. The predicted octanol–water partition coefficient (Wildman–Crippen LogP) is 3.53. The monoisotopic (exact) mass is 372 g/mol. The Labute approximate surface area is 153 Å². The molecule has 0 amide bonds. The molecule has 0 atom stereocenters. The Bertz CT molecular complexity index is 1030. The molecule has 4 rings (SSSR count). The number of hydrogen-bond acceptors (Lipinski definition) is 7. The molecular weight excluding hydrogens is 352 g/mol. The third kappa shape index (κ3) is 2.90. The van der Waals surface area contributed by atoms with E-state index in [1.165, 1.54) is 0 Å². The van der Waals surface area contributed by atoms with Gasteiger partial charge in [-0.1, -0.05) is 13.3 Å². The van der Waals surface area contributed by atoms with Gasteiger partial charge in [-0.15, -0.1) is 22.7 Å². The van der Waals surface area contributed by atoms with E-state index in [1.807, 2.05) is 11.4 Å². The average molecular weight is 373 g/mol. The number of thiazole rings is 1. The van der Waals surface area contributed by atoms with Crippen molar-refractivity contribution >= 4 is 49.7 Å². The van der Waals surface area contributed by atoms with E-state index in [9.17, 15) is 0 Å². The third-order valence-electron chi connectivity index (χ3n) is 4.25. The number of hydrogen-bond donors (Lipinski definition) is 2. The second-order valence-electron chi connectivity index (χ2n) is 5.98. The fourth-order valence-electron chi connectivity index (χ4n) is 3.01. The van der Waals surface area contributed by atoms with E-state index in [2.05, 4.69) is 26.8 Å². The lowest BCUT2D eigenvalue weighted by Crippen LogP contribution is -2.06. The van der Waals surface area contributed by atoms with Crippen molar-refractivity contribution in [3.8, 4) is 0 Å². The zero-order valence-corrected chi connectivity index (χ0v) is 15.7. The number of nitrogen functional groups attached to an aromatic ring is 1. The van der Waals surface area contributed by atoms with Crippen LogP contribution in [-0.4, -0.2) is 19.5 Å². The number of aryl methyl sites for hydroxylation is 1. The first-order valence-electron chi connectivity index (χ1n) is 8.36. The Kier molecular flexibility index (Phi) is 4.41. The van der Waals surface area contributed by atoms with Crippen LogP contribution in [0.5, 0.6) is 0 Å². The smallest absolute Gasteiger partial charge is 0.152 e. The molecule has 0 fully saturated rings. The molecule has 0 unspecified atom stereocenters. The van der Waals surface area contributed by atoms with Crippen LogP contribution in [0.3, 0.4) is 0 Å². The van der Waals surface area contributed by atoms with Crippen LogP contribution < -0.4 is 11.5 Å². The number of fused-ring (bicyclic) bond motifs is 3. The van der Waals surface area contributed by atoms with Crippen LogP contribution in [0.2, 0.25) is 0 Å². The van der Waals surface area contributed by atoms with Crippen molar-refractivity contribution in [2.24, 2.45) is 5.73 Å². The van der Waals surface area contributed by atoms with Crippen molar-refractivity contribution in [1.82, 2.24) is 19.5 Å². The molecule has 0 aliphatic heterocycles. The summed E-state index contributed by atoms with van der Waals surface area (Å²) in [4.78, 5) is 14.0. The molecule has 130 valence electrons. The van der Waals surface area contributed by atoms with Gasteiger partial charge < -0.3 is 16.0 Å². The average Bonchev–Trinajstić information content (AvgIpc) is 3.32. The van der Waals surface area contributed by atoms with Crippen molar-refractivity contribution in [3.63, 3.8) is 0 Å². The minimum Gasteiger partial charge on any atom is -0.382 e. The number of imidazole rings is 1. The van der Waals surface area contributed by atoms with E-state index >= 15 is 0 Å². The molecule has 0 aliphatic rings. The van der Waals surface area contributed by atoms with Crippen LogP contribution >= 0.6 is 22.7 Å². The largest absolute Gasteiger partial charge is 0.382 e. The van der Waals surface area contributed by atoms with Gasteiger partial charge in [-0.3, -0.25) is 0 Å². The Hall–Kier alpha value is -2.03. The van der Waals surface area contributed by atoms with Crippen LogP contribution in [0, 0.1) is 0 Å². The summed E-state index contributed by atoms with van der Waals surface area (Å²) in [6.07, 6.45) is 3.14. The van der Waals surface area contributed by atoms with Gasteiger partial charge in [-0.2, -0.15) is 0 Å². The van der Waals surface area contributed by atoms with Gasteiger partial charge in [-0.05, 0) is 17.9 Å². The molecule has 0 saturated carbocycles. The fourth-order valence-corrected chi connectivity index (χ4v) is 4.69. The molecule has 4 N–H and O–H groups in total. The lowest BCUT2D eigenvalue weighted by Gasteiger charge is -2.08. The molecule has 4 heterocycles. The molecule has 0 aliphatic carbocycles. The van der Waals surface area contributed by atoms with Crippen molar-refractivity contribution < 1.29 is 0 Å². The van der Waals surface area contributed by atoms with E-state index < -0.39 is 0 Å². The van der Waals surface area contributed by atoms with Gasteiger partial charge in [-0.25, -0.2) is 15.0 Å². The first-order chi connectivity index (χ1) is 12.2. The molecule has 0 radical (unpaired) electrons. The normalized spacial score (nSPS) is 11.8. The van der Waals surface area contributed by atoms with Crippen molar-refractivity contribution in [2.75, 3.05) is 5.73 Å². The predicted molar refractivity (Wildman–Crippen MR) is 105 cm³/mol. The van der Waals surface area contributed by atoms with Gasteiger partial charge in [0.2, 0.25) is 0 Å². The number of anilines is 1. The lowest BCUT2D eigenvalue weighted by atomic mass is 10.2. The van der Waals surface area contributed by atoms with Crippen molar-refractivity contribution in [1.29, 1.82) is 0 Å². The highest BCUT2D eigenvalue weighted by Crippen LogP contribution is 2.33. The number of pyridine rings is 1. The van der Waals surface area contributed by atoms with E-state index in [-0.39, 0.29) is 0 Å². The van der Waals surface area contributed by atoms with E-state index in [1.54, 1.807) is 22.7 Å². The molecule has 4 aromatic rings. The van der Waals surface area contributed by atoms with Crippen molar-refractivity contribution in [3.05, 3.63) is 33.4 Å². The fraction of sp³-hybridized carbons (Fsp3) is 0.353. The number of rotatable bonds is 6. The van der Waals surface area contributed by atoms with Crippen LogP contribution in [0.15, 0.2) is 16.8 Å². The SMILES string of the molecule is CCCCc1nc2c(N)nc3ccsc3c2n1Cc1nc(CN)cs1. The first kappa shape index (κ1) is 16.4. The zero-order chi connectivity index (χ0) is 17.4. The first-order valence-corrected chi connectivity index (χ1v) is 10.1. The van der Waals surface area contributed by atoms with Gasteiger partial charge in [0.25, 0.3) is 0 Å². The van der Waals surface area contributed by atoms with E-state index in [4.69, 9.17) is 16.5 Å². The summed E-state index contributed by atoms with van der Waals surface area (Å²) < 4.78 is 3.40. The molecule has 0 saturated heterocycles. The molecular formula is C17H20N6S2. The third-order valence-corrected chi connectivity index (χ3v) is 6.04. The molecule has 6 nitrogen and oxygen atoms in total. The number of unbranched alkanes of at least 4 members (excludes halogenated alkanes) is 1. The number of nitrogens with zero attached hydrogens (tertiary/aromatic N) is 4. The van der Waals surface area contributed by atoms with Crippen LogP contribution in [-0.2, 0) is 19.5 Å². The van der Waals surface area contributed by atoms with Gasteiger partial charge in [0, 0.05) is 18.3 Å². The number of thiophene rings is 1. The Morgan fingerprint density at radius 3 is 2.84 bits per heavy atom. The maximum Gasteiger partial charge on any atom is 0.152 e. The van der Waals surface area contributed by atoms with Crippen LogP contribution in [0.4, 0.5) is 5.82 Å². The summed E-state index contributed by atoms with van der Waals surface area (Å²) in [5, 5.41) is 5.12. The van der Waals surface area contributed by atoms with Crippen molar-refractivity contribution in [2.45, 2.75) is 39.3 Å². The molecule has 8 heteroatoms. The Morgan fingerprint density at radius 2 is 2.08 bits per heavy atom. The van der Waals surface area contributed by atoms with E-state index in [0.29, 0.717) is 18.9 Å². The minimum atomic E-state index is 0.468. The zero-order valence-electron chi connectivity index (χ0n) is 14.0. The standard InChI is InChI=1S/C17H20N6S2/c1-2-3-4-12-22-14-15(16-11(5-6-24-16)21-17(14)19)23(12)8-13-20-10(7-18)9-25-13/h5-6,9H,2-4,7-8,18H2,1H3,(H2,19,21). The maximum atomic E-state index is 6.20. The van der Waals surface area contributed by atoms with Gasteiger partial charge in [0.15, 0.2) is 5.82 Å². The topological polar surface area (TPSA) is 95.6 Å². The Balaban J connectivity index is 1.91. The second kappa shape index (κ2) is 6.70. The summed E-state index contributed by atoms with van der Waals surface area (Å²) in [6.45, 7) is 3.35. The lowest BCUT2D eigenvalue weighted by molar-refractivity contribution is 0.688. The van der Waals surface area contributed by atoms with Gasteiger partial charge >= 0.3 is 0 Å². The number of aromatic nitrogens is 4. The highest BCUT2D eigenvalue weighted by atomic mass is 32.1.